The molecule has 1 aliphatic heterocycles. The van der Waals surface area contributed by atoms with Gasteiger partial charge < -0.3 is 10.6 Å². The van der Waals surface area contributed by atoms with Crippen molar-refractivity contribution in [3.05, 3.63) is 11.1 Å². The number of hydrogen-bond donors (Lipinski definition) is 1. The second-order valence-corrected chi connectivity index (χ2v) is 5.22. The highest BCUT2D eigenvalue weighted by atomic mass is 32.1. The Morgan fingerprint density at radius 3 is 3.00 bits per heavy atom. The summed E-state index contributed by atoms with van der Waals surface area (Å²) in [7, 11) is 0. The van der Waals surface area contributed by atoms with Crippen LogP contribution >= 0.6 is 11.3 Å². The van der Waals surface area contributed by atoms with Crippen molar-refractivity contribution in [2.45, 2.75) is 45.2 Å². The first-order chi connectivity index (χ1) is 7.18. The second-order valence-electron chi connectivity index (χ2n) is 4.38. The number of nitrogens with zero attached hydrogens (tertiary/aromatic N) is 2. The van der Waals surface area contributed by atoms with E-state index in [9.17, 15) is 0 Å². The summed E-state index contributed by atoms with van der Waals surface area (Å²) in [6, 6.07) is 0.681. The van der Waals surface area contributed by atoms with Crippen LogP contribution in [0.3, 0.4) is 0 Å². The predicted octanol–water partition coefficient (Wildman–Crippen LogP) is 2.54. The van der Waals surface area contributed by atoms with E-state index < -0.39 is 0 Å². The first-order valence-electron chi connectivity index (χ1n) is 5.66. The summed E-state index contributed by atoms with van der Waals surface area (Å²) in [6.07, 6.45) is 3.92. The molecule has 0 aliphatic carbocycles. The van der Waals surface area contributed by atoms with Crippen molar-refractivity contribution in [3.8, 4) is 0 Å². The molecule has 0 radical (unpaired) electrons. The van der Waals surface area contributed by atoms with Gasteiger partial charge in [-0.25, -0.2) is 4.98 Å². The Morgan fingerprint density at radius 2 is 2.40 bits per heavy atom. The number of rotatable bonds is 2. The molecule has 0 spiro atoms. The van der Waals surface area contributed by atoms with Gasteiger partial charge in [0, 0.05) is 24.0 Å². The Labute approximate surface area is 95.3 Å². The average Bonchev–Trinajstić information content (AvgIpc) is 2.67. The summed E-state index contributed by atoms with van der Waals surface area (Å²) in [5.41, 5.74) is 6.84. The fourth-order valence-electron chi connectivity index (χ4n) is 2.00. The SMILES string of the molecule is CC(N)c1csc(N2CCCCC2C)n1. The van der Waals surface area contributed by atoms with Crippen LogP contribution in [0.1, 0.15) is 44.8 Å². The number of thiazole rings is 1. The number of nitrogens with two attached hydrogens (primary N) is 1. The lowest BCUT2D eigenvalue weighted by atomic mass is 10.1. The summed E-state index contributed by atoms with van der Waals surface area (Å²) in [5.74, 6) is 0. The zero-order valence-electron chi connectivity index (χ0n) is 9.44. The minimum atomic E-state index is 0.0510. The van der Waals surface area contributed by atoms with Crippen molar-refractivity contribution in [2.75, 3.05) is 11.4 Å². The molecular weight excluding hydrogens is 206 g/mol. The maximum Gasteiger partial charge on any atom is 0.185 e. The highest BCUT2D eigenvalue weighted by molar-refractivity contribution is 7.13. The molecule has 0 saturated carbocycles. The Hall–Kier alpha value is -0.610. The van der Waals surface area contributed by atoms with Crippen LogP contribution in [-0.4, -0.2) is 17.6 Å². The molecule has 2 heterocycles. The highest BCUT2D eigenvalue weighted by Gasteiger charge is 2.21. The van der Waals surface area contributed by atoms with Crippen molar-refractivity contribution >= 4 is 16.5 Å². The van der Waals surface area contributed by atoms with Crippen LogP contribution in [0.25, 0.3) is 0 Å². The van der Waals surface area contributed by atoms with Gasteiger partial charge in [0.1, 0.15) is 0 Å². The van der Waals surface area contributed by atoms with Crippen LogP contribution in [0, 0.1) is 0 Å². The zero-order valence-corrected chi connectivity index (χ0v) is 10.3. The summed E-state index contributed by atoms with van der Waals surface area (Å²) in [6.45, 7) is 5.41. The van der Waals surface area contributed by atoms with E-state index in [4.69, 9.17) is 5.73 Å². The van der Waals surface area contributed by atoms with Crippen LogP contribution in [0.5, 0.6) is 0 Å². The van der Waals surface area contributed by atoms with Gasteiger partial charge in [0.25, 0.3) is 0 Å². The van der Waals surface area contributed by atoms with Crippen molar-refractivity contribution in [2.24, 2.45) is 5.73 Å². The standard InChI is InChI=1S/C11H19N3S/c1-8-5-3-4-6-14(8)11-13-10(7-15-11)9(2)12/h7-9H,3-6,12H2,1-2H3. The Morgan fingerprint density at radius 1 is 1.60 bits per heavy atom. The number of piperidine rings is 1. The van der Waals surface area contributed by atoms with Crippen molar-refractivity contribution in [1.82, 2.24) is 4.98 Å². The third-order valence-electron chi connectivity index (χ3n) is 3.03. The van der Waals surface area contributed by atoms with E-state index in [1.165, 1.54) is 19.3 Å². The lowest BCUT2D eigenvalue weighted by molar-refractivity contribution is 0.483. The molecule has 4 heteroatoms. The van der Waals surface area contributed by atoms with Gasteiger partial charge in [0.05, 0.1) is 5.69 Å². The third-order valence-corrected chi connectivity index (χ3v) is 3.92. The molecule has 1 fully saturated rings. The van der Waals surface area contributed by atoms with Crippen LogP contribution in [0.2, 0.25) is 0 Å². The highest BCUT2D eigenvalue weighted by Crippen LogP contribution is 2.28. The first kappa shape index (κ1) is 10.9. The lowest BCUT2D eigenvalue weighted by Crippen LogP contribution is -2.37. The average molecular weight is 225 g/mol. The van der Waals surface area contributed by atoms with E-state index in [1.807, 2.05) is 6.92 Å². The summed E-state index contributed by atoms with van der Waals surface area (Å²) in [5, 5.41) is 3.23. The largest absolute Gasteiger partial charge is 0.345 e. The molecule has 84 valence electrons. The predicted molar refractivity (Wildman–Crippen MR) is 65.4 cm³/mol. The van der Waals surface area contributed by atoms with Gasteiger partial charge in [-0.15, -0.1) is 11.3 Å². The van der Waals surface area contributed by atoms with Crippen LogP contribution in [0.4, 0.5) is 5.13 Å². The van der Waals surface area contributed by atoms with Gasteiger partial charge in [-0.05, 0) is 33.1 Å². The third kappa shape index (κ3) is 2.32. The Balaban J connectivity index is 2.13. The molecule has 1 aliphatic rings. The van der Waals surface area contributed by atoms with Gasteiger partial charge in [-0.1, -0.05) is 0 Å². The zero-order chi connectivity index (χ0) is 10.8. The van der Waals surface area contributed by atoms with Crippen molar-refractivity contribution in [3.63, 3.8) is 0 Å². The normalized spacial score (nSPS) is 24.2. The van der Waals surface area contributed by atoms with Crippen LogP contribution in [0.15, 0.2) is 5.38 Å². The smallest absolute Gasteiger partial charge is 0.185 e. The van der Waals surface area contributed by atoms with E-state index in [2.05, 4.69) is 22.2 Å². The molecular formula is C11H19N3S. The van der Waals surface area contributed by atoms with Gasteiger partial charge in [0.15, 0.2) is 5.13 Å². The Kier molecular flexibility index (Phi) is 3.26. The minimum Gasteiger partial charge on any atom is -0.345 e. The molecule has 2 rings (SSSR count). The van der Waals surface area contributed by atoms with Gasteiger partial charge in [-0.2, -0.15) is 0 Å². The maximum absolute atomic E-state index is 5.82. The molecule has 2 unspecified atom stereocenters. The van der Waals surface area contributed by atoms with Crippen LogP contribution < -0.4 is 10.6 Å². The monoisotopic (exact) mass is 225 g/mol. The minimum absolute atomic E-state index is 0.0510. The van der Waals surface area contributed by atoms with E-state index in [-0.39, 0.29) is 6.04 Å². The van der Waals surface area contributed by atoms with Crippen molar-refractivity contribution in [1.29, 1.82) is 0 Å². The number of hydrogen-bond acceptors (Lipinski definition) is 4. The van der Waals surface area contributed by atoms with E-state index >= 15 is 0 Å². The molecule has 2 N–H and O–H groups in total. The summed E-state index contributed by atoms with van der Waals surface area (Å²) >= 11 is 1.72. The molecule has 3 nitrogen and oxygen atoms in total. The number of anilines is 1. The quantitative estimate of drug-likeness (QED) is 0.841. The first-order valence-corrected chi connectivity index (χ1v) is 6.54. The molecule has 0 aromatic carbocycles. The topological polar surface area (TPSA) is 42.1 Å². The molecule has 2 atom stereocenters. The van der Waals surface area contributed by atoms with E-state index in [0.717, 1.165) is 17.4 Å². The molecule has 15 heavy (non-hydrogen) atoms. The van der Waals surface area contributed by atoms with E-state index in [1.54, 1.807) is 11.3 Å². The molecule has 1 aromatic heterocycles. The molecule has 0 amide bonds. The lowest BCUT2D eigenvalue weighted by Gasteiger charge is -2.33. The van der Waals surface area contributed by atoms with E-state index in [0.29, 0.717) is 6.04 Å². The van der Waals surface area contributed by atoms with Gasteiger partial charge in [0.2, 0.25) is 0 Å². The van der Waals surface area contributed by atoms with Gasteiger partial charge >= 0.3 is 0 Å². The Bertz CT molecular complexity index is 321. The fourth-order valence-corrected chi connectivity index (χ4v) is 3.06. The summed E-state index contributed by atoms with van der Waals surface area (Å²) in [4.78, 5) is 7.02. The summed E-state index contributed by atoms with van der Waals surface area (Å²) < 4.78 is 0. The second kappa shape index (κ2) is 4.49. The van der Waals surface area contributed by atoms with Gasteiger partial charge in [-0.3, -0.25) is 0 Å². The van der Waals surface area contributed by atoms with Crippen LogP contribution in [-0.2, 0) is 0 Å². The molecule has 1 saturated heterocycles. The molecule has 0 bridgehead atoms. The maximum atomic E-state index is 5.82. The fraction of sp³-hybridized carbons (Fsp3) is 0.727. The molecule has 1 aromatic rings. The van der Waals surface area contributed by atoms with Crippen molar-refractivity contribution < 1.29 is 0 Å². The number of aromatic nitrogens is 1.